The SMILES string of the molecule is CC(O)C1(Cc2ccc([N+](=O)[O-])cc2[N+](=O)[O-])CC1. The van der Waals surface area contributed by atoms with Crippen molar-refractivity contribution in [3.05, 3.63) is 44.0 Å². The second-order valence-corrected chi connectivity index (χ2v) is 5.04. The van der Waals surface area contributed by atoms with Crippen LogP contribution < -0.4 is 0 Å². The van der Waals surface area contributed by atoms with Crippen molar-refractivity contribution >= 4 is 11.4 Å². The molecule has 7 heteroatoms. The Kier molecular flexibility index (Phi) is 3.23. The van der Waals surface area contributed by atoms with Crippen molar-refractivity contribution in [2.45, 2.75) is 32.3 Å². The number of nitrogens with zero attached hydrogens (tertiary/aromatic N) is 2. The molecule has 7 nitrogen and oxygen atoms in total. The normalized spacial score (nSPS) is 17.8. The average molecular weight is 266 g/mol. The molecule has 1 unspecified atom stereocenters. The van der Waals surface area contributed by atoms with Crippen LogP contribution in [0, 0.1) is 25.6 Å². The van der Waals surface area contributed by atoms with Gasteiger partial charge in [-0.15, -0.1) is 0 Å². The Labute approximate surface area is 109 Å². The number of aliphatic hydroxyl groups is 1. The molecule has 0 spiro atoms. The first-order valence-corrected chi connectivity index (χ1v) is 5.95. The van der Waals surface area contributed by atoms with Gasteiger partial charge in [0.2, 0.25) is 0 Å². The lowest BCUT2D eigenvalue weighted by molar-refractivity contribution is -0.394. The number of aliphatic hydroxyl groups excluding tert-OH is 1. The van der Waals surface area contributed by atoms with Crippen LogP contribution in [0.2, 0.25) is 0 Å². The molecule has 1 aromatic rings. The minimum atomic E-state index is -0.654. The fourth-order valence-corrected chi connectivity index (χ4v) is 2.27. The van der Waals surface area contributed by atoms with Crippen LogP contribution in [-0.4, -0.2) is 21.1 Å². The topological polar surface area (TPSA) is 107 Å². The zero-order chi connectivity index (χ0) is 14.2. The number of nitro groups is 2. The van der Waals surface area contributed by atoms with Gasteiger partial charge in [-0.25, -0.2) is 0 Å². The standard InChI is InChI=1S/C12H14N2O5/c1-8(15)12(4-5-12)7-9-2-3-10(13(16)17)6-11(9)14(18)19/h2-3,6,8,15H,4-5,7H2,1H3. The maximum absolute atomic E-state index is 11.0. The molecule has 0 saturated heterocycles. The lowest BCUT2D eigenvalue weighted by Gasteiger charge is -2.18. The van der Waals surface area contributed by atoms with Crippen LogP contribution in [0.4, 0.5) is 11.4 Å². The van der Waals surface area contributed by atoms with E-state index >= 15 is 0 Å². The molecule has 0 amide bonds. The van der Waals surface area contributed by atoms with E-state index in [-0.39, 0.29) is 16.8 Å². The van der Waals surface area contributed by atoms with E-state index in [0.29, 0.717) is 12.0 Å². The summed E-state index contributed by atoms with van der Waals surface area (Å²) in [5.41, 5.74) is -0.409. The minimum absolute atomic E-state index is 0.249. The monoisotopic (exact) mass is 266 g/mol. The summed E-state index contributed by atoms with van der Waals surface area (Å²) < 4.78 is 0. The summed E-state index contributed by atoms with van der Waals surface area (Å²) in [5, 5.41) is 31.3. The molecule has 0 aliphatic heterocycles. The number of nitro benzene ring substituents is 2. The summed E-state index contributed by atoms with van der Waals surface area (Å²) >= 11 is 0. The largest absolute Gasteiger partial charge is 0.393 e. The van der Waals surface area contributed by atoms with E-state index in [1.54, 1.807) is 6.92 Å². The zero-order valence-electron chi connectivity index (χ0n) is 10.4. The molecule has 19 heavy (non-hydrogen) atoms. The quantitative estimate of drug-likeness (QED) is 0.649. The summed E-state index contributed by atoms with van der Waals surface area (Å²) in [6.45, 7) is 1.67. The maximum Gasteiger partial charge on any atom is 0.279 e. The first-order chi connectivity index (χ1) is 8.85. The summed E-state index contributed by atoms with van der Waals surface area (Å²) in [4.78, 5) is 20.4. The lowest BCUT2D eigenvalue weighted by Crippen LogP contribution is -2.21. The molecule has 1 N–H and O–H groups in total. The van der Waals surface area contributed by atoms with Crippen LogP contribution in [-0.2, 0) is 6.42 Å². The van der Waals surface area contributed by atoms with E-state index in [4.69, 9.17) is 0 Å². The van der Waals surface area contributed by atoms with Crippen molar-refractivity contribution in [1.82, 2.24) is 0 Å². The number of rotatable bonds is 5. The highest BCUT2D eigenvalue weighted by Crippen LogP contribution is 2.52. The van der Waals surface area contributed by atoms with Crippen molar-refractivity contribution in [3.8, 4) is 0 Å². The van der Waals surface area contributed by atoms with E-state index in [0.717, 1.165) is 18.9 Å². The van der Waals surface area contributed by atoms with E-state index in [2.05, 4.69) is 0 Å². The smallest absolute Gasteiger partial charge is 0.279 e. The second-order valence-electron chi connectivity index (χ2n) is 5.04. The highest BCUT2D eigenvalue weighted by Gasteiger charge is 2.47. The van der Waals surface area contributed by atoms with Crippen molar-refractivity contribution in [3.63, 3.8) is 0 Å². The lowest BCUT2D eigenvalue weighted by atomic mass is 9.91. The molecule has 1 fully saturated rings. The Hall–Kier alpha value is -2.02. The van der Waals surface area contributed by atoms with Gasteiger partial charge in [0, 0.05) is 17.0 Å². The molecule has 0 aromatic heterocycles. The zero-order valence-corrected chi connectivity index (χ0v) is 10.4. The van der Waals surface area contributed by atoms with Gasteiger partial charge in [0.05, 0.1) is 22.0 Å². The Morgan fingerprint density at radius 3 is 2.37 bits per heavy atom. The molecule has 1 aromatic carbocycles. The van der Waals surface area contributed by atoms with Gasteiger partial charge in [0.1, 0.15) is 0 Å². The maximum atomic E-state index is 11.0. The van der Waals surface area contributed by atoms with Gasteiger partial charge in [-0.3, -0.25) is 20.2 Å². The van der Waals surface area contributed by atoms with E-state index in [1.807, 2.05) is 0 Å². The fourth-order valence-electron chi connectivity index (χ4n) is 2.27. The van der Waals surface area contributed by atoms with Gasteiger partial charge in [0.25, 0.3) is 11.4 Å². The van der Waals surface area contributed by atoms with Crippen LogP contribution in [0.25, 0.3) is 0 Å². The Bertz CT molecular complexity index is 537. The third-order valence-electron chi connectivity index (χ3n) is 3.80. The molecule has 1 aliphatic rings. The Balaban J connectivity index is 2.35. The molecule has 1 atom stereocenters. The predicted octanol–water partition coefficient (Wildman–Crippen LogP) is 2.21. The first-order valence-electron chi connectivity index (χ1n) is 5.95. The Morgan fingerprint density at radius 2 is 1.95 bits per heavy atom. The first kappa shape index (κ1) is 13.4. The molecular formula is C12H14N2O5. The van der Waals surface area contributed by atoms with Crippen molar-refractivity contribution < 1.29 is 15.0 Å². The summed E-state index contributed by atoms with van der Waals surface area (Å²) in [6.07, 6.45) is 1.47. The number of non-ortho nitro benzene ring substituents is 1. The van der Waals surface area contributed by atoms with Crippen LogP contribution >= 0.6 is 0 Å². The van der Waals surface area contributed by atoms with Crippen LogP contribution in [0.15, 0.2) is 18.2 Å². The number of hydrogen-bond donors (Lipinski definition) is 1. The Morgan fingerprint density at radius 1 is 1.32 bits per heavy atom. The predicted molar refractivity (Wildman–Crippen MR) is 66.8 cm³/mol. The van der Waals surface area contributed by atoms with Gasteiger partial charge in [0.15, 0.2) is 0 Å². The van der Waals surface area contributed by atoms with E-state index in [9.17, 15) is 25.3 Å². The average Bonchev–Trinajstić information content (AvgIpc) is 3.10. The molecule has 1 saturated carbocycles. The summed E-state index contributed by atoms with van der Waals surface area (Å²) in [6, 6.07) is 3.66. The third-order valence-corrected chi connectivity index (χ3v) is 3.80. The second kappa shape index (κ2) is 4.58. The van der Waals surface area contributed by atoms with Gasteiger partial charge in [-0.1, -0.05) is 0 Å². The molecule has 0 bridgehead atoms. The molecule has 2 rings (SSSR count). The number of benzene rings is 1. The molecule has 0 radical (unpaired) electrons. The van der Waals surface area contributed by atoms with Gasteiger partial charge in [-0.05, 0) is 32.3 Å². The highest BCUT2D eigenvalue weighted by molar-refractivity contribution is 5.49. The minimum Gasteiger partial charge on any atom is -0.393 e. The van der Waals surface area contributed by atoms with Crippen molar-refractivity contribution in [2.24, 2.45) is 5.41 Å². The molecule has 102 valence electrons. The third kappa shape index (κ3) is 2.55. The van der Waals surface area contributed by atoms with Crippen molar-refractivity contribution in [2.75, 3.05) is 0 Å². The van der Waals surface area contributed by atoms with Gasteiger partial charge < -0.3 is 5.11 Å². The van der Waals surface area contributed by atoms with Gasteiger partial charge >= 0.3 is 0 Å². The number of hydrogen-bond acceptors (Lipinski definition) is 5. The van der Waals surface area contributed by atoms with Crippen molar-refractivity contribution in [1.29, 1.82) is 0 Å². The van der Waals surface area contributed by atoms with Gasteiger partial charge in [-0.2, -0.15) is 0 Å². The molecule has 0 heterocycles. The summed E-state index contributed by atoms with van der Waals surface area (Å²) in [7, 11) is 0. The van der Waals surface area contributed by atoms with E-state index in [1.165, 1.54) is 12.1 Å². The van der Waals surface area contributed by atoms with E-state index < -0.39 is 16.0 Å². The summed E-state index contributed by atoms with van der Waals surface area (Å²) in [5.74, 6) is 0. The molecule has 1 aliphatic carbocycles. The van der Waals surface area contributed by atoms with Crippen LogP contribution in [0.1, 0.15) is 25.3 Å². The van der Waals surface area contributed by atoms with Crippen LogP contribution in [0.5, 0.6) is 0 Å². The highest BCUT2D eigenvalue weighted by atomic mass is 16.6. The van der Waals surface area contributed by atoms with Crippen LogP contribution in [0.3, 0.4) is 0 Å². The molecular weight excluding hydrogens is 252 g/mol. The fraction of sp³-hybridized carbons (Fsp3) is 0.500.